The molecule has 0 saturated heterocycles. The van der Waals surface area contributed by atoms with Crippen LogP contribution in [0.15, 0.2) is 12.1 Å². The Morgan fingerprint density at radius 3 is 2.88 bits per heavy atom. The number of nitrogens with one attached hydrogen (secondary N) is 1. The summed E-state index contributed by atoms with van der Waals surface area (Å²) in [5.74, 6) is 0.120. The van der Waals surface area contributed by atoms with E-state index in [9.17, 15) is 9.90 Å². The minimum Gasteiger partial charge on any atom is -0.388 e. The van der Waals surface area contributed by atoms with Crippen molar-refractivity contribution < 1.29 is 9.90 Å². The second kappa shape index (κ2) is 6.66. The van der Waals surface area contributed by atoms with Crippen LogP contribution in [-0.2, 0) is 11.2 Å². The summed E-state index contributed by atoms with van der Waals surface area (Å²) in [4.78, 5) is 13.4. The molecule has 0 bridgehead atoms. The van der Waals surface area contributed by atoms with Crippen LogP contribution in [0.2, 0.25) is 0 Å². The summed E-state index contributed by atoms with van der Waals surface area (Å²) >= 11 is 1.60. The van der Waals surface area contributed by atoms with Crippen LogP contribution in [0.5, 0.6) is 0 Å². The van der Waals surface area contributed by atoms with E-state index in [1.165, 1.54) is 4.88 Å². The highest BCUT2D eigenvalue weighted by molar-refractivity contribution is 7.12. The largest absolute Gasteiger partial charge is 0.388 e. The molecule has 0 spiro atoms. The molecule has 3 nitrogen and oxygen atoms in total. The monoisotopic (exact) mass is 241 g/mol. The molecule has 0 radical (unpaired) electrons. The van der Waals surface area contributed by atoms with E-state index in [1.807, 2.05) is 19.1 Å². The average molecular weight is 241 g/mol. The van der Waals surface area contributed by atoms with E-state index in [1.54, 1.807) is 18.3 Å². The third-order valence-electron chi connectivity index (χ3n) is 2.26. The first-order chi connectivity index (χ1) is 7.63. The number of aliphatic hydroxyl groups excluding tert-OH is 1. The van der Waals surface area contributed by atoms with E-state index in [2.05, 4.69) is 5.32 Å². The van der Waals surface area contributed by atoms with Crippen LogP contribution >= 0.6 is 11.3 Å². The molecule has 1 aromatic rings. The van der Waals surface area contributed by atoms with Crippen molar-refractivity contribution in [1.82, 2.24) is 5.32 Å². The maximum Gasteiger partial charge on any atom is 0.219 e. The predicted molar refractivity (Wildman–Crippen MR) is 66.6 cm³/mol. The van der Waals surface area contributed by atoms with E-state index < -0.39 is 6.10 Å². The summed E-state index contributed by atoms with van der Waals surface area (Å²) in [6, 6.07) is 3.96. The quantitative estimate of drug-likeness (QED) is 0.802. The normalized spacial score (nSPS) is 12.4. The summed E-state index contributed by atoms with van der Waals surface area (Å²) in [7, 11) is 0. The predicted octanol–water partition coefficient (Wildman–Crippen LogP) is 2.26. The smallest absolute Gasteiger partial charge is 0.219 e. The standard InChI is InChI=1S/C12H19NO2S/c1-3-4-12(15)13-8-7-10-5-6-11(16-10)9(2)14/h5-6,9,14H,3-4,7-8H2,1-2H3,(H,13,15). The van der Waals surface area contributed by atoms with Gasteiger partial charge in [0.05, 0.1) is 6.10 Å². The third kappa shape index (κ3) is 4.33. The van der Waals surface area contributed by atoms with Gasteiger partial charge in [0.1, 0.15) is 0 Å². The highest BCUT2D eigenvalue weighted by atomic mass is 32.1. The number of aliphatic hydroxyl groups is 1. The van der Waals surface area contributed by atoms with Gasteiger partial charge in [0.2, 0.25) is 5.91 Å². The number of hydrogen-bond acceptors (Lipinski definition) is 3. The number of carbonyl (C=O) groups excluding carboxylic acids is 1. The first-order valence-electron chi connectivity index (χ1n) is 5.67. The SMILES string of the molecule is CCCC(=O)NCCc1ccc(C(C)O)s1. The number of amides is 1. The van der Waals surface area contributed by atoms with Crippen LogP contribution in [0.4, 0.5) is 0 Å². The topological polar surface area (TPSA) is 49.3 Å². The molecule has 1 atom stereocenters. The van der Waals surface area contributed by atoms with Gasteiger partial charge in [0, 0.05) is 22.7 Å². The molecule has 2 N–H and O–H groups in total. The molecule has 16 heavy (non-hydrogen) atoms. The Morgan fingerprint density at radius 2 is 2.31 bits per heavy atom. The summed E-state index contributed by atoms with van der Waals surface area (Å²) in [6.45, 7) is 4.44. The maximum absolute atomic E-state index is 11.2. The minimum absolute atomic E-state index is 0.120. The van der Waals surface area contributed by atoms with Gasteiger partial charge in [-0.25, -0.2) is 0 Å². The van der Waals surface area contributed by atoms with Crippen molar-refractivity contribution >= 4 is 17.2 Å². The van der Waals surface area contributed by atoms with Gasteiger partial charge in [-0.15, -0.1) is 11.3 Å². The van der Waals surface area contributed by atoms with Crippen molar-refractivity contribution in [1.29, 1.82) is 0 Å². The van der Waals surface area contributed by atoms with Crippen LogP contribution in [0.3, 0.4) is 0 Å². The molecule has 0 aliphatic rings. The van der Waals surface area contributed by atoms with E-state index >= 15 is 0 Å². The van der Waals surface area contributed by atoms with Gasteiger partial charge >= 0.3 is 0 Å². The molecule has 0 aliphatic heterocycles. The lowest BCUT2D eigenvalue weighted by atomic mass is 10.3. The van der Waals surface area contributed by atoms with Crippen LogP contribution in [0, 0.1) is 0 Å². The second-order valence-electron chi connectivity index (χ2n) is 3.83. The fourth-order valence-corrected chi connectivity index (χ4v) is 2.34. The summed E-state index contributed by atoms with van der Waals surface area (Å²) in [5.41, 5.74) is 0. The van der Waals surface area contributed by atoms with E-state index in [4.69, 9.17) is 0 Å². The van der Waals surface area contributed by atoms with Crippen molar-refractivity contribution in [2.45, 2.75) is 39.2 Å². The van der Waals surface area contributed by atoms with Crippen LogP contribution < -0.4 is 5.32 Å². The zero-order valence-corrected chi connectivity index (χ0v) is 10.6. The first kappa shape index (κ1) is 13.2. The van der Waals surface area contributed by atoms with Gasteiger partial charge in [-0.2, -0.15) is 0 Å². The van der Waals surface area contributed by atoms with Crippen molar-refractivity contribution in [3.8, 4) is 0 Å². The lowest BCUT2D eigenvalue weighted by molar-refractivity contribution is -0.121. The number of carbonyl (C=O) groups is 1. The highest BCUT2D eigenvalue weighted by Crippen LogP contribution is 2.22. The second-order valence-corrected chi connectivity index (χ2v) is 5.03. The van der Waals surface area contributed by atoms with Gasteiger partial charge in [-0.3, -0.25) is 4.79 Å². The first-order valence-corrected chi connectivity index (χ1v) is 6.48. The van der Waals surface area contributed by atoms with Gasteiger partial charge in [-0.05, 0) is 31.9 Å². The minimum atomic E-state index is -0.395. The molecular weight excluding hydrogens is 222 g/mol. The molecule has 0 aliphatic carbocycles. The van der Waals surface area contributed by atoms with E-state index in [0.717, 1.165) is 17.7 Å². The van der Waals surface area contributed by atoms with Crippen molar-refractivity contribution in [3.05, 3.63) is 21.9 Å². The Bertz CT molecular complexity index is 334. The number of thiophene rings is 1. The number of rotatable bonds is 6. The lowest BCUT2D eigenvalue weighted by Crippen LogP contribution is -2.24. The Labute approximate surface area is 100 Å². The molecule has 1 rings (SSSR count). The van der Waals surface area contributed by atoms with E-state index in [-0.39, 0.29) is 5.91 Å². The Hall–Kier alpha value is -0.870. The summed E-state index contributed by atoms with van der Waals surface area (Å²) < 4.78 is 0. The maximum atomic E-state index is 11.2. The summed E-state index contributed by atoms with van der Waals surface area (Å²) in [5, 5.41) is 12.2. The zero-order valence-electron chi connectivity index (χ0n) is 9.82. The molecule has 4 heteroatoms. The van der Waals surface area contributed by atoms with Gasteiger partial charge < -0.3 is 10.4 Å². The average Bonchev–Trinajstić information content (AvgIpc) is 2.67. The molecule has 0 aromatic carbocycles. The van der Waals surface area contributed by atoms with E-state index in [0.29, 0.717) is 13.0 Å². The van der Waals surface area contributed by atoms with Crippen LogP contribution in [-0.4, -0.2) is 17.6 Å². The van der Waals surface area contributed by atoms with Gasteiger partial charge in [0.25, 0.3) is 0 Å². The van der Waals surface area contributed by atoms with Gasteiger partial charge in [0.15, 0.2) is 0 Å². The molecule has 1 aromatic heterocycles. The lowest BCUT2D eigenvalue weighted by Gasteiger charge is -2.02. The molecule has 1 unspecified atom stereocenters. The molecule has 1 heterocycles. The molecule has 0 saturated carbocycles. The fraction of sp³-hybridized carbons (Fsp3) is 0.583. The molecule has 90 valence electrons. The Balaban J connectivity index is 2.29. The van der Waals surface area contributed by atoms with Crippen molar-refractivity contribution in [3.63, 3.8) is 0 Å². The zero-order chi connectivity index (χ0) is 12.0. The fourth-order valence-electron chi connectivity index (χ4n) is 1.39. The molecule has 0 fully saturated rings. The molecular formula is C12H19NO2S. The number of hydrogen-bond donors (Lipinski definition) is 2. The van der Waals surface area contributed by atoms with Crippen molar-refractivity contribution in [2.75, 3.05) is 6.54 Å². The van der Waals surface area contributed by atoms with Gasteiger partial charge in [-0.1, -0.05) is 6.92 Å². The molecule has 1 amide bonds. The Morgan fingerprint density at radius 1 is 1.56 bits per heavy atom. The van der Waals surface area contributed by atoms with Crippen LogP contribution in [0.1, 0.15) is 42.5 Å². The summed E-state index contributed by atoms with van der Waals surface area (Å²) in [6.07, 6.45) is 1.93. The third-order valence-corrected chi connectivity index (χ3v) is 3.58. The van der Waals surface area contributed by atoms with Crippen molar-refractivity contribution in [2.24, 2.45) is 0 Å². The Kier molecular flexibility index (Phi) is 5.49. The highest BCUT2D eigenvalue weighted by Gasteiger charge is 2.05. The van der Waals surface area contributed by atoms with Crippen LogP contribution in [0.25, 0.3) is 0 Å².